The minimum absolute atomic E-state index is 0.172. The van der Waals surface area contributed by atoms with Gasteiger partial charge in [0.2, 0.25) is 0 Å². The van der Waals surface area contributed by atoms with Gasteiger partial charge in [-0.05, 0) is 6.92 Å². The number of aromatic nitrogens is 5. The molecule has 0 fully saturated rings. The maximum Gasteiger partial charge on any atom is 0.349 e. The lowest BCUT2D eigenvalue weighted by Gasteiger charge is -2.02. The molecule has 0 atom stereocenters. The van der Waals surface area contributed by atoms with Crippen molar-refractivity contribution in [2.24, 2.45) is 7.05 Å². The molecule has 0 bridgehead atoms. The molecule has 18 heavy (non-hydrogen) atoms. The van der Waals surface area contributed by atoms with Gasteiger partial charge in [-0.25, -0.2) is 4.79 Å². The number of aryl methyl sites for hydroxylation is 2. The minimum Gasteiger partial charge on any atom is -0.383 e. The Balaban J connectivity index is 0.000000771. The summed E-state index contributed by atoms with van der Waals surface area (Å²) < 4.78 is 3.04. The highest BCUT2D eigenvalue weighted by Gasteiger charge is 2.10. The minimum atomic E-state index is -0.385. The number of rotatable bonds is 2. The first-order valence-electron chi connectivity index (χ1n) is 5.85. The summed E-state index contributed by atoms with van der Waals surface area (Å²) >= 11 is 0. The van der Waals surface area contributed by atoms with Gasteiger partial charge < -0.3 is 10.3 Å². The summed E-state index contributed by atoms with van der Waals surface area (Å²) in [4.78, 5) is 14.9. The lowest BCUT2D eigenvalue weighted by atomic mass is 10.2. The van der Waals surface area contributed by atoms with Gasteiger partial charge in [0.05, 0.1) is 11.8 Å². The van der Waals surface area contributed by atoms with Crippen LogP contribution in [0.15, 0.2) is 17.2 Å². The molecular formula is C11H18N6O. The lowest BCUT2D eigenvalue weighted by molar-refractivity contribution is 0.627. The van der Waals surface area contributed by atoms with E-state index in [9.17, 15) is 4.79 Å². The molecular weight excluding hydrogens is 232 g/mol. The summed E-state index contributed by atoms with van der Waals surface area (Å²) in [5.41, 5.74) is 6.51. The van der Waals surface area contributed by atoms with E-state index in [4.69, 9.17) is 5.73 Å². The molecule has 0 aliphatic carbocycles. The van der Waals surface area contributed by atoms with Gasteiger partial charge in [0.25, 0.3) is 0 Å². The van der Waals surface area contributed by atoms with E-state index >= 15 is 0 Å². The zero-order valence-electron chi connectivity index (χ0n) is 11.1. The Bertz CT molecular complexity index is 571. The molecule has 0 aromatic carbocycles. The Kier molecular flexibility index (Phi) is 4.59. The third-order valence-electron chi connectivity index (χ3n) is 2.26. The average Bonchev–Trinajstić information content (AvgIpc) is 2.85. The molecule has 0 spiro atoms. The fraction of sp³-hybridized carbons (Fsp3) is 0.455. The quantitative estimate of drug-likeness (QED) is 0.845. The van der Waals surface area contributed by atoms with Gasteiger partial charge in [-0.15, -0.1) is 5.10 Å². The van der Waals surface area contributed by atoms with Gasteiger partial charge in [-0.1, -0.05) is 19.1 Å². The van der Waals surface area contributed by atoms with Crippen molar-refractivity contribution < 1.29 is 0 Å². The van der Waals surface area contributed by atoms with Crippen molar-refractivity contribution in [1.29, 1.82) is 0 Å². The summed E-state index contributed by atoms with van der Waals surface area (Å²) in [5.74, 6) is 0.172. The number of hydrogen-bond acceptors (Lipinski definition) is 5. The highest BCUT2D eigenvalue weighted by Crippen LogP contribution is 2.19. The van der Waals surface area contributed by atoms with Crippen LogP contribution in [-0.4, -0.2) is 24.5 Å². The topological polar surface area (TPSA) is 91.6 Å². The van der Waals surface area contributed by atoms with Crippen LogP contribution in [0.3, 0.4) is 0 Å². The second-order valence-electron chi connectivity index (χ2n) is 3.39. The van der Waals surface area contributed by atoms with E-state index in [-0.39, 0.29) is 11.5 Å². The van der Waals surface area contributed by atoms with Crippen LogP contribution >= 0.6 is 0 Å². The highest BCUT2D eigenvalue weighted by molar-refractivity contribution is 5.68. The predicted octanol–water partition coefficient (Wildman–Crippen LogP) is 0.667. The summed E-state index contributed by atoms with van der Waals surface area (Å²) in [6.45, 7) is 6.69. The van der Waals surface area contributed by atoms with Crippen molar-refractivity contribution >= 4 is 5.82 Å². The normalized spacial score (nSPS) is 9.78. The molecule has 0 radical (unpaired) electrons. The van der Waals surface area contributed by atoms with E-state index in [1.54, 1.807) is 24.1 Å². The van der Waals surface area contributed by atoms with Crippen molar-refractivity contribution in [1.82, 2.24) is 24.5 Å². The molecule has 0 unspecified atom stereocenters. The third kappa shape index (κ3) is 2.73. The van der Waals surface area contributed by atoms with Crippen LogP contribution in [0.25, 0.3) is 11.3 Å². The van der Waals surface area contributed by atoms with Crippen LogP contribution in [0.1, 0.15) is 20.8 Å². The predicted molar refractivity (Wildman–Crippen MR) is 69.9 cm³/mol. The molecule has 2 rings (SSSR count). The maximum absolute atomic E-state index is 11.2. The molecule has 2 heterocycles. The van der Waals surface area contributed by atoms with Crippen molar-refractivity contribution in [2.45, 2.75) is 27.3 Å². The summed E-state index contributed by atoms with van der Waals surface area (Å²) in [5, 5.41) is 7.87. The van der Waals surface area contributed by atoms with Gasteiger partial charge in [0, 0.05) is 19.8 Å². The van der Waals surface area contributed by atoms with Crippen LogP contribution in [0.4, 0.5) is 5.82 Å². The molecule has 2 N–H and O–H groups in total. The fourth-order valence-corrected chi connectivity index (χ4v) is 1.33. The van der Waals surface area contributed by atoms with E-state index in [0.717, 1.165) is 6.54 Å². The molecule has 7 heteroatoms. The zero-order valence-corrected chi connectivity index (χ0v) is 11.1. The Morgan fingerprint density at radius 3 is 2.56 bits per heavy atom. The Labute approximate surface area is 105 Å². The van der Waals surface area contributed by atoms with Crippen molar-refractivity contribution in [3.63, 3.8) is 0 Å². The second-order valence-corrected chi connectivity index (χ2v) is 3.39. The van der Waals surface area contributed by atoms with Crippen LogP contribution in [0.2, 0.25) is 0 Å². The molecule has 0 amide bonds. The summed E-state index contributed by atoms with van der Waals surface area (Å²) in [7, 11) is 1.61. The monoisotopic (exact) mass is 250 g/mol. The van der Waals surface area contributed by atoms with Crippen molar-refractivity contribution in [3.8, 4) is 11.3 Å². The van der Waals surface area contributed by atoms with E-state index in [2.05, 4.69) is 15.3 Å². The van der Waals surface area contributed by atoms with Crippen LogP contribution < -0.4 is 11.4 Å². The Morgan fingerprint density at radius 2 is 2.00 bits per heavy atom. The smallest absolute Gasteiger partial charge is 0.349 e. The van der Waals surface area contributed by atoms with E-state index < -0.39 is 0 Å². The van der Waals surface area contributed by atoms with E-state index in [1.807, 2.05) is 20.8 Å². The lowest BCUT2D eigenvalue weighted by Crippen LogP contribution is -2.21. The number of nitrogens with two attached hydrogens (primary N) is 1. The molecule has 0 saturated carbocycles. The Morgan fingerprint density at radius 1 is 1.33 bits per heavy atom. The van der Waals surface area contributed by atoms with Gasteiger partial charge >= 0.3 is 5.69 Å². The molecule has 2 aromatic rings. The molecule has 0 saturated heterocycles. The average molecular weight is 250 g/mol. The number of hydrogen-bond donors (Lipinski definition) is 1. The standard InChI is InChI=1S/C9H12N6O.C2H6/c1-3-15-5-7(12-13-15)6-4-14(2)9(16)11-8(6)10;1-2/h4-5H,3H2,1-2H3,(H2,10,11,16);1-2H3. The van der Waals surface area contributed by atoms with Crippen LogP contribution in [-0.2, 0) is 13.6 Å². The Hall–Kier alpha value is -2.18. The molecule has 7 nitrogen and oxygen atoms in total. The molecule has 0 aliphatic rings. The highest BCUT2D eigenvalue weighted by atomic mass is 16.1. The van der Waals surface area contributed by atoms with Crippen molar-refractivity contribution in [3.05, 3.63) is 22.9 Å². The van der Waals surface area contributed by atoms with E-state index in [0.29, 0.717) is 11.3 Å². The number of nitrogens with zero attached hydrogens (tertiary/aromatic N) is 5. The van der Waals surface area contributed by atoms with Crippen molar-refractivity contribution in [2.75, 3.05) is 5.73 Å². The maximum atomic E-state index is 11.2. The van der Waals surface area contributed by atoms with E-state index in [1.165, 1.54) is 4.57 Å². The first-order chi connectivity index (χ1) is 8.61. The summed E-state index contributed by atoms with van der Waals surface area (Å²) in [6, 6.07) is 0. The number of nitrogen functional groups attached to an aromatic ring is 1. The number of anilines is 1. The van der Waals surface area contributed by atoms with Gasteiger partial charge in [-0.3, -0.25) is 4.68 Å². The molecule has 2 aromatic heterocycles. The van der Waals surface area contributed by atoms with Crippen LogP contribution in [0, 0.1) is 0 Å². The van der Waals surface area contributed by atoms with Crippen LogP contribution in [0.5, 0.6) is 0 Å². The van der Waals surface area contributed by atoms with Gasteiger partial charge in [0.1, 0.15) is 11.5 Å². The van der Waals surface area contributed by atoms with Gasteiger partial charge in [0.15, 0.2) is 0 Å². The largest absolute Gasteiger partial charge is 0.383 e. The first kappa shape index (κ1) is 13.9. The fourth-order valence-electron chi connectivity index (χ4n) is 1.33. The van der Waals surface area contributed by atoms with Gasteiger partial charge in [-0.2, -0.15) is 4.98 Å². The molecule has 0 aliphatic heterocycles. The third-order valence-corrected chi connectivity index (χ3v) is 2.26. The zero-order chi connectivity index (χ0) is 13.7. The molecule has 98 valence electrons. The second kappa shape index (κ2) is 5.95. The SMILES string of the molecule is CC.CCn1cc(-c2cn(C)c(=O)nc2N)nn1. The summed E-state index contributed by atoms with van der Waals surface area (Å²) in [6.07, 6.45) is 3.37. The first-order valence-corrected chi connectivity index (χ1v) is 5.85.